The molecule has 0 saturated carbocycles. The SMILES string of the molecule is O=C(c1cccc([N+](=O)[O-])c1)[C@@H]1[C@@H](c2ccc(Br)cc2)C2(C(=O)c3ccccc3C2=O)[C@H]2C=Cc3ccccc3N12. The second-order valence-electron chi connectivity index (χ2n) is 10.5. The van der Waals surface area contributed by atoms with E-state index in [2.05, 4.69) is 15.9 Å². The van der Waals surface area contributed by atoms with E-state index in [1.807, 2.05) is 65.6 Å². The van der Waals surface area contributed by atoms with Crippen LogP contribution in [0.2, 0.25) is 0 Å². The predicted molar refractivity (Wildman–Crippen MR) is 157 cm³/mol. The van der Waals surface area contributed by atoms with Crippen LogP contribution in [0.3, 0.4) is 0 Å². The summed E-state index contributed by atoms with van der Waals surface area (Å²) in [5, 5.41) is 11.6. The summed E-state index contributed by atoms with van der Waals surface area (Å²) >= 11 is 3.47. The van der Waals surface area contributed by atoms with Crippen molar-refractivity contribution in [3.8, 4) is 0 Å². The Morgan fingerprint density at radius 1 is 0.854 bits per heavy atom. The molecule has 1 saturated heterocycles. The number of non-ortho nitro benzene ring substituents is 1. The van der Waals surface area contributed by atoms with Crippen molar-refractivity contribution in [3.05, 3.63) is 146 Å². The van der Waals surface area contributed by atoms with Crippen LogP contribution in [-0.2, 0) is 0 Å². The van der Waals surface area contributed by atoms with E-state index in [1.165, 1.54) is 18.2 Å². The summed E-state index contributed by atoms with van der Waals surface area (Å²) in [7, 11) is 0. The van der Waals surface area contributed by atoms with Crippen molar-refractivity contribution in [2.75, 3.05) is 4.90 Å². The van der Waals surface area contributed by atoms with Crippen molar-refractivity contribution < 1.29 is 19.3 Å². The van der Waals surface area contributed by atoms with Gasteiger partial charge in [-0.25, -0.2) is 0 Å². The van der Waals surface area contributed by atoms with Crippen LogP contribution in [0.4, 0.5) is 11.4 Å². The molecule has 4 aromatic carbocycles. The topological polar surface area (TPSA) is 97.6 Å². The van der Waals surface area contributed by atoms with E-state index in [9.17, 15) is 24.5 Å². The third kappa shape index (κ3) is 3.47. The highest BCUT2D eigenvalue weighted by molar-refractivity contribution is 9.10. The first kappa shape index (κ1) is 25.3. The molecule has 4 aromatic rings. The number of fused-ring (bicyclic) bond motifs is 5. The van der Waals surface area contributed by atoms with Gasteiger partial charge in [0.05, 0.1) is 11.0 Å². The number of hydrogen-bond acceptors (Lipinski definition) is 6. The van der Waals surface area contributed by atoms with Crippen LogP contribution in [-0.4, -0.2) is 34.4 Å². The average molecular weight is 605 g/mol. The Morgan fingerprint density at radius 3 is 2.20 bits per heavy atom. The Hall–Kier alpha value is -4.69. The van der Waals surface area contributed by atoms with E-state index in [0.717, 1.165) is 15.7 Å². The van der Waals surface area contributed by atoms with Crippen LogP contribution in [0.15, 0.2) is 108 Å². The number of nitrogens with zero attached hydrogens (tertiary/aromatic N) is 2. The molecule has 41 heavy (non-hydrogen) atoms. The number of para-hydroxylation sites is 1. The normalized spacial score (nSPS) is 21.5. The number of hydrogen-bond donors (Lipinski definition) is 0. The molecule has 0 aromatic heterocycles. The van der Waals surface area contributed by atoms with E-state index in [4.69, 9.17) is 0 Å². The Kier molecular flexibility index (Phi) is 5.66. The lowest BCUT2D eigenvalue weighted by Gasteiger charge is -2.37. The third-order valence-electron chi connectivity index (χ3n) is 8.55. The number of nitro groups is 1. The number of carbonyl (C=O) groups excluding carboxylic acids is 3. The number of halogens is 1. The lowest BCUT2D eigenvalue weighted by Crippen LogP contribution is -2.48. The molecule has 3 aliphatic rings. The molecule has 0 bridgehead atoms. The minimum Gasteiger partial charge on any atom is -0.352 e. The van der Waals surface area contributed by atoms with Gasteiger partial charge in [-0.05, 0) is 29.3 Å². The molecule has 0 N–H and O–H groups in total. The van der Waals surface area contributed by atoms with E-state index < -0.39 is 34.1 Å². The van der Waals surface area contributed by atoms with Crippen molar-refractivity contribution >= 4 is 50.7 Å². The second kappa shape index (κ2) is 9.17. The van der Waals surface area contributed by atoms with Crippen LogP contribution in [0.5, 0.6) is 0 Å². The van der Waals surface area contributed by atoms with Crippen molar-refractivity contribution in [1.82, 2.24) is 0 Å². The molecule has 1 fully saturated rings. The van der Waals surface area contributed by atoms with Crippen LogP contribution in [0, 0.1) is 15.5 Å². The number of carbonyl (C=O) groups is 3. The highest BCUT2D eigenvalue weighted by Crippen LogP contribution is 2.61. The Bertz CT molecular complexity index is 1790. The smallest absolute Gasteiger partial charge is 0.270 e. The zero-order chi connectivity index (χ0) is 28.5. The van der Waals surface area contributed by atoms with Crippen LogP contribution < -0.4 is 4.90 Å². The van der Waals surface area contributed by atoms with Crippen LogP contribution >= 0.6 is 15.9 Å². The van der Waals surface area contributed by atoms with Gasteiger partial charge in [-0.15, -0.1) is 0 Å². The minimum atomic E-state index is -1.62. The summed E-state index contributed by atoms with van der Waals surface area (Å²) in [4.78, 5) is 56.8. The summed E-state index contributed by atoms with van der Waals surface area (Å²) in [6.07, 6.45) is 3.76. The fourth-order valence-corrected chi connectivity index (χ4v) is 7.17. The first-order chi connectivity index (χ1) is 19.8. The van der Waals surface area contributed by atoms with Gasteiger partial charge < -0.3 is 4.90 Å². The Morgan fingerprint density at radius 2 is 1.51 bits per heavy atom. The largest absolute Gasteiger partial charge is 0.352 e. The number of nitro benzene ring substituents is 1. The molecule has 8 heteroatoms. The molecule has 0 radical (unpaired) electrons. The maximum atomic E-state index is 14.6. The van der Waals surface area contributed by atoms with Crippen molar-refractivity contribution in [2.45, 2.75) is 18.0 Å². The molecule has 1 aliphatic carbocycles. The zero-order valence-corrected chi connectivity index (χ0v) is 23.0. The molecule has 7 rings (SSSR count). The zero-order valence-electron chi connectivity index (χ0n) is 21.4. The van der Waals surface area contributed by atoms with Gasteiger partial charge in [-0.3, -0.25) is 24.5 Å². The summed E-state index contributed by atoms with van der Waals surface area (Å²) in [6, 6.07) is 25.6. The molecule has 1 spiro atoms. The van der Waals surface area contributed by atoms with E-state index >= 15 is 0 Å². The maximum absolute atomic E-state index is 14.6. The molecule has 2 heterocycles. The molecular weight excluding hydrogens is 584 g/mol. The number of Topliss-reactive ketones (excluding diaryl/α,β-unsaturated/α-hetero) is 3. The predicted octanol–water partition coefficient (Wildman–Crippen LogP) is 6.67. The lowest BCUT2D eigenvalue weighted by molar-refractivity contribution is -0.384. The minimum absolute atomic E-state index is 0.143. The second-order valence-corrected chi connectivity index (χ2v) is 11.4. The quantitative estimate of drug-likeness (QED) is 0.112. The molecule has 7 nitrogen and oxygen atoms in total. The summed E-state index contributed by atoms with van der Waals surface area (Å²) < 4.78 is 0.810. The van der Waals surface area contributed by atoms with Crippen molar-refractivity contribution in [1.29, 1.82) is 0 Å². The van der Waals surface area contributed by atoms with E-state index in [1.54, 1.807) is 30.3 Å². The molecule has 3 atom stereocenters. The summed E-state index contributed by atoms with van der Waals surface area (Å²) in [5.41, 5.74) is 1.23. The number of rotatable bonds is 4. The molecule has 0 unspecified atom stereocenters. The van der Waals surface area contributed by atoms with Gasteiger partial charge in [0.1, 0.15) is 11.5 Å². The monoisotopic (exact) mass is 604 g/mol. The number of benzene rings is 4. The van der Waals surface area contributed by atoms with Crippen LogP contribution in [0.1, 0.15) is 48.1 Å². The molecule has 200 valence electrons. The first-order valence-electron chi connectivity index (χ1n) is 13.1. The molecular formula is C33H21BrN2O5. The lowest BCUT2D eigenvalue weighted by atomic mass is 9.64. The number of ketones is 3. The third-order valence-corrected chi connectivity index (χ3v) is 9.08. The molecule has 2 aliphatic heterocycles. The van der Waals surface area contributed by atoms with Gasteiger partial charge >= 0.3 is 0 Å². The van der Waals surface area contributed by atoms with Gasteiger partial charge in [-0.1, -0.05) is 94.8 Å². The fraction of sp³-hybridized carbons (Fsp3) is 0.121. The maximum Gasteiger partial charge on any atom is 0.270 e. The highest BCUT2D eigenvalue weighted by atomic mass is 79.9. The van der Waals surface area contributed by atoms with Crippen molar-refractivity contribution in [2.24, 2.45) is 5.41 Å². The van der Waals surface area contributed by atoms with Gasteiger partial charge in [0.2, 0.25) is 0 Å². The van der Waals surface area contributed by atoms with Gasteiger partial charge in [0.25, 0.3) is 5.69 Å². The average Bonchev–Trinajstić information content (AvgIpc) is 3.43. The fourth-order valence-electron chi connectivity index (χ4n) is 6.90. The molecule has 0 amide bonds. The Balaban J connectivity index is 1.54. The first-order valence-corrected chi connectivity index (χ1v) is 13.9. The van der Waals surface area contributed by atoms with Gasteiger partial charge in [0.15, 0.2) is 17.3 Å². The summed E-state index contributed by atoms with van der Waals surface area (Å²) in [6.45, 7) is 0. The summed E-state index contributed by atoms with van der Waals surface area (Å²) in [5.74, 6) is -1.92. The Labute approximate surface area is 243 Å². The standard InChI is InChI=1S/C33H21BrN2O5/c34-22-15-12-20(13-16-22)28-29(30(37)21-7-5-8-23(18-21)36(40)41)35-26-11-4-1-6-19(26)14-17-27(35)33(28)31(38)24-9-2-3-10-25(24)32(33)39/h1-18,27-29H/t27-,28-,29+/m1/s1. The van der Waals surface area contributed by atoms with Gasteiger partial charge in [-0.2, -0.15) is 0 Å². The van der Waals surface area contributed by atoms with Crippen molar-refractivity contribution in [3.63, 3.8) is 0 Å². The highest BCUT2D eigenvalue weighted by Gasteiger charge is 2.71. The van der Waals surface area contributed by atoms with E-state index in [-0.39, 0.29) is 22.8 Å². The van der Waals surface area contributed by atoms with Gasteiger partial charge in [0, 0.05) is 44.9 Å². The van der Waals surface area contributed by atoms with Crippen LogP contribution in [0.25, 0.3) is 6.08 Å². The number of anilines is 1. The van der Waals surface area contributed by atoms with E-state index in [0.29, 0.717) is 16.7 Å².